The minimum atomic E-state index is -0.215. The zero-order valence-electron chi connectivity index (χ0n) is 27.5. The average Bonchev–Trinajstić information content (AvgIpc) is 3.81. The summed E-state index contributed by atoms with van der Waals surface area (Å²) in [4.78, 5) is 7.60. The molecule has 242 valence electrons. The maximum absolute atomic E-state index is 6.43. The van der Waals surface area contributed by atoms with Gasteiger partial charge in [0.05, 0.1) is 17.8 Å². The third-order valence-electron chi connectivity index (χ3n) is 10.6. The first-order valence-electron chi connectivity index (χ1n) is 17.6. The molecule has 5 heteroatoms. The van der Waals surface area contributed by atoms with Crippen LogP contribution in [-0.2, 0) is 0 Å². The van der Waals surface area contributed by atoms with Gasteiger partial charge < -0.3 is 20.3 Å². The standard InChI is InChI=1S/C45H36N4O/c1-3-11-31(12-4-1)42-44(49-28-10-9-17-39(49)47-42)33-24-20-30(21-25-33)29-18-22-32(23-19-29)41-36-26-27-38-43(40(36)35-15-7-8-16-37(35)46-41)48-45(50-38)34-13-5-2-6-14-34/h1-8,10-16,18-28,41-42,44-46,48H,9,17H2. The predicted molar refractivity (Wildman–Crippen MR) is 202 cm³/mol. The van der Waals surface area contributed by atoms with Crippen molar-refractivity contribution in [3.05, 3.63) is 186 Å². The fourth-order valence-corrected chi connectivity index (χ4v) is 8.14. The highest BCUT2D eigenvalue weighted by molar-refractivity contribution is 5.95. The van der Waals surface area contributed by atoms with E-state index in [9.17, 15) is 0 Å². The minimum absolute atomic E-state index is 0.00304. The van der Waals surface area contributed by atoms with Crippen molar-refractivity contribution in [1.82, 2.24) is 4.90 Å². The van der Waals surface area contributed by atoms with Gasteiger partial charge in [0.2, 0.25) is 0 Å². The average molecular weight is 649 g/mol. The van der Waals surface area contributed by atoms with Crippen molar-refractivity contribution in [3.63, 3.8) is 0 Å². The third kappa shape index (κ3) is 4.80. The molecular formula is C45H36N4O. The van der Waals surface area contributed by atoms with Crippen LogP contribution in [-0.4, -0.2) is 10.7 Å². The number of hydrogen-bond donors (Lipinski definition) is 2. The van der Waals surface area contributed by atoms with Gasteiger partial charge in [0.25, 0.3) is 0 Å². The van der Waals surface area contributed by atoms with Crippen molar-refractivity contribution in [2.45, 2.75) is 37.2 Å². The molecule has 0 aliphatic carbocycles. The summed E-state index contributed by atoms with van der Waals surface area (Å²) in [7, 11) is 0. The van der Waals surface area contributed by atoms with Crippen LogP contribution in [0.5, 0.6) is 5.75 Å². The van der Waals surface area contributed by atoms with E-state index in [2.05, 4.69) is 167 Å². The van der Waals surface area contributed by atoms with E-state index < -0.39 is 0 Å². The number of nitrogens with zero attached hydrogens (tertiary/aromatic N) is 2. The maximum atomic E-state index is 6.43. The van der Waals surface area contributed by atoms with E-state index in [1.54, 1.807) is 0 Å². The van der Waals surface area contributed by atoms with Crippen molar-refractivity contribution >= 4 is 17.2 Å². The molecule has 4 atom stereocenters. The number of amidine groups is 1. The molecule has 5 nitrogen and oxygen atoms in total. The molecule has 0 fully saturated rings. The molecule has 0 radical (unpaired) electrons. The summed E-state index contributed by atoms with van der Waals surface area (Å²) in [6.07, 6.45) is 6.33. The predicted octanol–water partition coefficient (Wildman–Crippen LogP) is 10.8. The lowest BCUT2D eigenvalue weighted by molar-refractivity contribution is 0.260. The number of rotatable bonds is 5. The van der Waals surface area contributed by atoms with Crippen molar-refractivity contribution in [3.8, 4) is 28.0 Å². The Labute approximate surface area is 292 Å². The summed E-state index contributed by atoms with van der Waals surface area (Å²) in [5, 5.41) is 7.56. The van der Waals surface area contributed by atoms with Gasteiger partial charge in [-0.25, -0.2) is 0 Å². The van der Waals surface area contributed by atoms with Gasteiger partial charge in [-0.15, -0.1) is 0 Å². The molecule has 50 heavy (non-hydrogen) atoms. The molecular weight excluding hydrogens is 613 g/mol. The number of fused-ring (bicyclic) bond motifs is 6. The van der Waals surface area contributed by atoms with Gasteiger partial charge in [-0.1, -0.05) is 140 Å². The second kappa shape index (κ2) is 11.8. The van der Waals surface area contributed by atoms with Gasteiger partial charge in [-0.3, -0.25) is 4.99 Å². The van der Waals surface area contributed by atoms with Crippen LogP contribution in [0.2, 0.25) is 0 Å². The molecule has 0 saturated carbocycles. The Morgan fingerprint density at radius 3 is 2.06 bits per heavy atom. The van der Waals surface area contributed by atoms with E-state index in [4.69, 9.17) is 9.73 Å². The molecule has 4 aliphatic rings. The summed E-state index contributed by atoms with van der Waals surface area (Å²) in [6.45, 7) is 0. The number of nitrogens with one attached hydrogen (secondary N) is 2. The van der Waals surface area contributed by atoms with Crippen molar-refractivity contribution in [2.75, 3.05) is 10.6 Å². The Balaban J connectivity index is 0.949. The molecule has 6 aromatic carbocycles. The van der Waals surface area contributed by atoms with Gasteiger partial charge in [0.15, 0.2) is 6.23 Å². The zero-order valence-corrected chi connectivity index (χ0v) is 27.5. The maximum Gasteiger partial charge on any atom is 0.196 e. The quantitative estimate of drug-likeness (QED) is 0.195. The lowest BCUT2D eigenvalue weighted by atomic mass is 9.85. The fraction of sp³-hybridized carbons (Fsp3) is 0.133. The third-order valence-corrected chi connectivity index (χ3v) is 10.6. The van der Waals surface area contributed by atoms with Crippen LogP contribution >= 0.6 is 0 Å². The van der Waals surface area contributed by atoms with E-state index in [1.807, 2.05) is 6.07 Å². The number of ether oxygens (including phenoxy) is 1. The van der Waals surface area contributed by atoms with Crippen LogP contribution in [0.1, 0.15) is 65.0 Å². The number of hydrogen-bond acceptors (Lipinski definition) is 5. The second-order valence-electron chi connectivity index (χ2n) is 13.5. The second-order valence-corrected chi connectivity index (χ2v) is 13.5. The SMILES string of the molecule is C1=CN2C(=NC(c3ccccc3)C2c2ccc(-c3ccc(C4Nc5ccccc5-c5c4ccc4c5NC(c5ccccc5)O4)cc3)cc2)CC1. The van der Waals surface area contributed by atoms with Crippen LogP contribution < -0.4 is 15.4 Å². The first-order chi connectivity index (χ1) is 24.8. The molecule has 2 N–H and O–H groups in total. The van der Waals surface area contributed by atoms with Crippen LogP contribution in [0.25, 0.3) is 22.3 Å². The van der Waals surface area contributed by atoms with E-state index in [0.29, 0.717) is 0 Å². The Kier molecular flexibility index (Phi) is 6.83. The molecule has 10 rings (SSSR count). The topological polar surface area (TPSA) is 48.9 Å². The molecule has 0 spiro atoms. The van der Waals surface area contributed by atoms with Crippen LogP contribution in [0.3, 0.4) is 0 Å². The Morgan fingerprint density at radius 1 is 0.620 bits per heavy atom. The van der Waals surface area contributed by atoms with Crippen molar-refractivity contribution in [1.29, 1.82) is 0 Å². The lowest BCUT2D eigenvalue weighted by Gasteiger charge is -2.31. The number of allylic oxidation sites excluding steroid dienone is 1. The van der Waals surface area contributed by atoms with E-state index in [0.717, 1.165) is 35.5 Å². The monoisotopic (exact) mass is 648 g/mol. The molecule has 4 unspecified atom stereocenters. The van der Waals surface area contributed by atoms with Crippen molar-refractivity contribution in [2.24, 2.45) is 4.99 Å². The number of anilines is 2. The van der Waals surface area contributed by atoms with E-state index >= 15 is 0 Å². The van der Waals surface area contributed by atoms with Gasteiger partial charge in [-0.2, -0.15) is 0 Å². The first kappa shape index (κ1) is 28.9. The molecule has 4 aliphatic heterocycles. The summed E-state index contributed by atoms with van der Waals surface area (Å²) in [5.74, 6) is 2.08. The molecule has 6 aromatic rings. The molecule has 0 bridgehead atoms. The van der Waals surface area contributed by atoms with Crippen LogP contribution in [0.15, 0.2) is 163 Å². The molecule has 4 heterocycles. The summed E-state index contributed by atoms with van der Waals surface area (Å²) in [5.41, 5.74) is 13.1. The first-order valence-corrected chi connectivity index (χ1v) is 17.6. The minimum Gasteiger partial charge on any atom is -0.464 e. The highest BCUT2D eigenvalue weighted by Crippen LogP contribution is 2.53. The largest absolute Gasteiger partial charge is 0.464 e. The van der Waals surface area contributed by atoms with E-state index in [-0.39, 0.29) is 24.4 Å². The fourth-order valence-electron chi connectivity index (χ4n) is 8.14. The summed E-state index contributed by atoms with van der Waals surface area (Å²) in [6, 6.07) is 52.4. The molecule has 0 saturated heterocycles. The Morgan fingerprint density at radius 2 is 1.30 bits per heavy atom. The van der Waals surface area contributed by atoms with Crippen LogP contribution in [0, 0.1) is 0 Å². The van der Waals surface area contributed by atoms with Gasteiger partial charge in [0.1, 0.15) is 17.6 Å². The Hall–Kier alpha value is -6.07. The van der Waals surface area contributed by atoms with Crippen molar-refractivity contribution < 1.29 is 4.74 Å². The smallest absolute Gasteiger partial charge is 0.196 e. The van der Waals surface area contributed by atoms with Gasteiger partial charge in [-0.05, 0) is 51.9 Å². The highest BCUT2D eigenvalue weighted by Gasteiger charge is 2.38. The number of benzene rings is 6. The molecule has 0 amide bonds. The lowest BCUT2D eigenvalue weighted by Crippen LogP contribution is -2.28. The summed E-state index contributed by atoms with van der Waals surface area (Å²) >= 11 is 0. The summed E-state index contributed by atoms with van der Waals surface area (Å²) < 4.78 is 6.43. The highest BCUT2D eigenvalue weighted by atomic mass is 16.5. The zero-order chi connectivity index (χ0) is 33.0. The molecule has 0 aromatic heterocycles. The van der Waals surface area contributed by atoms with E-state index in [1.165, 1.54) is 50.3 Å². The van der Waals surface area contributed by atoms with Crippen LogP contribution in [0.4, 0.5) is 11.4 Å². The van der Waals surface area contributed by atoms with Gasteiger partial charge in [0, 0.05) is 35.0 Å². The van der Waals surface area contributed by atoms with Gasteiger partial charge >= 0.3 is 0 Å². The number of aliphatic imine (C=N–C) groups is 1. The normalized spacial score (nSPS) is 21.1. The number of para-hydroxylation sites is 1. The Bertz CT molecular complexity index is 2260.